The van der Waals surface area contributed by atoms with E-state index in [4.69, 9.17) is 16.4 Å². The van der Waals surface area contributed by atoms with Crippen molar-refractivity contribution >= 4 is 21.6 Å². The number of hydroxylamine groups is 1. The molecule has 6 nitrogen and oxygen atoms in total. The van der Waals surface area contributed by atoms with E-state index in [2.05, 4.69) is 9.97 Å². The van der Waals surface area contributed by atoms with Crippen LogP contribution in [0.4, 0.5) is 0 Å². The molecule has 82 valence electrons. The monoisotopic (exact) mass is 249 g/mol. The van der Waals surface area contributed by atoms with Crippen LogP contribution in [0.1, 0.15) is 6.42 Å². The number of hydrogen-bond donors (Lipinski definition) is 0. The Morgan fingerprint density at radius 2 is 2.07 bits per heavy atom. The van der Waals surface area contributed by atoms with Gasteiger partial charge < -0.3 is 0 Å². The summed E-state index contributed by atoms with van der Waals surface area (Å²) in [6.45, 7) is 0.763. The highest BCUT2D eigenvalue weighted by Gasteiger charge is 2.29. The second-order valence-corrected chi connectivity index (χ2v) is 5.07. The van der Waals surface area contributed by atoms with Gasteiger partial charge in [-0.2, -0.15) is 0 Å². The van der Waals surface area contributed by atoms with Crippen LogP contribution in [0.15, 0.2) is 17.3 Å². The number of aromatic nitrogens is 2. The van der Waals surface area contributed by atoms with Gasteiger partial charge in [0, 0.05) is 6.54 Å². The second-order valence-electron chi connectivity index (χ2n) is 2.91. The van der Waals surface area contributed by atoms with E-state index in [1.807, 2.05) is 0 Å². The molecule has 1 aliphatic heterocycles. The molecular formula is C7H8ClN3O3S. The molecule has 1 aromatic rings. The molecule has 0 aliphatic carbocycles. The Kier molecular flexibility index (Phi) is 2.87. The van der Waals surface area contributed by atoms with Gasteiger partial charge in [-0.25, -0.2) is 18.4 Å². The summed E-state index contributed by atoms with van der Waals surface area (Å²) in [6, 6.07) is 0. The van der Waals surface area contributed by atoms with E-state index in [1.165, 1.54) is 0 Å². The molecule has 0 amide bonds. The Labute approximate surface area is 91.9 Å². The fraction of sp³-hybridized carbons (Fsp3) is 0.429. The SMILES string of the molecule is O=S(=O)(c1cnc(Cl)nc1)N1CCCO1. The van der Waals surface area contributed by atoms with Gasteiger partial charge in [-0.05, 0) is 18.0 Å². The molecule has 0 aromatic carbocycles. The number of sulfonamides is 1. The van der Waals surface area contributed by atoms with Gasteiger partial charge in [-0.1, -0.05) is 4.47 Å². The molecule has 0 bridgehead atoms. The van der Waals surface area contributed by atoms with Crippen molar-refractivity contribution in [2.24, 2.45) is 0 Å². The van der Waals surface area contributed by atoms with E-state index >= 15 is 0 Å². The standard InChI is InChI=1S/C7H8ClN3O3S/c8-7-9-4-6(5-10-7)15(12,13)11-2-1-3-14-11/h4-5H,1-3H2. The lowest BCUT2D eigenvalue weighted by Crippen LogP contribution is -2.27. The Hall–Kier alpha value is -0.760. The van der Waals surface area contributed by atoms with Crippen molar-refractivity contribution in [1.82, 2.24) is 14.4 Å². The summed E-state index contributed by atoms with van der Waals surface area (Å²) in [5.74, 6) is 0. The molecule has 15 heavy (non-hydrogen) atoms. The van der Waals surface area contributed by atoms with E-state index in [0.29, 0.717) is 19.6 Å². The van der Waals surface area contributed by atoms with Crippen LogP contribution in [0.3, 0.4) is 0 Å². The highest BCUT2D eigenvalue weighted by molar-refractivity contribution is 7.89. The molecule has 0 N–H and O–H groups in total. The molecule has 0 saturated carbocycles. The van der Waals surface area contributed by atoms with Crippen molar-refractivity contribution in [2.45, 2.75) is 11.3 Å². The molecule has 0 atom stereocenters. The number of halogens is 1. The molecule has 2 heterocycles. The Morgan fingerprint density at radius 1 is 1.40 bits per heavy atom. The molecule has 2 rings (SSSR count). The summed E-state index contributed by atoms with van der Waals surface area (Å²) in [5.41, 5.74) is 0. The Bertz CT molecular complexity index is 441. The molecular weight excluding hydrogens is 242 g/mol. The molecule has 0 spiro atoms. The highest BCUT2D eigenvalue weighted by atomic mass is 35.5. The van der Waals surface area contributed by atoms with E-state index < -0.39 is 10.0 Å². The molecule has 0 unspecified atom stereocenters. The van der Waals surface area contributed by atoms with Gasteiger partial charge in [0.2, 0.25) is 5.28 Å². The van der Waals surface area contributed by atoms with Crippen molar-refractivity contribution in [3.63, 3.8) is 0 Å². The largest absolute Gasteiger partial charge is 0.284 e. The minimum absolute atomic E-state index is 0.0105. The second kappa shape index (κ2) is 4.01. The van der Waals surface area contributed by atoms with E-state index in [1.54, 1.807) is 0 Å². The van der Waals surface area contributed by atoms with Crippen molar-refractivity contribution in [1.29, 1.82) is 0 Å². The first-order valence-electron chi connectivity index (χ1n) is 4.24. The first kappa shape index (κ1) is 10.7. The number of nitrogens with zero attached hydrogens (tertiary/aromatic N) is 3. The summed E-state index contributed by atoms with van der Waals surface area (Å²) >= 11 is 5.46. The van der Waals surface area contributed by atoms with Crippen LogP contribution in [0.2, 0.25) is 5.28 Å². The normalized spacial score (nSPS) is 18.2. The smallest absolute Gasteiger partial charge is 0.268 e. The topological polar surface area (TPSA) is 72.4 Å². The minimum atomic E-state index is -3.63. The van der Waals surface area contributed by atoms with Gasteiger partial charge in [0.15, 0.2) is 0 Å². The Balaban J connectivity index is 2.32. The van der Waals surface area contributed by atoms with Crippen LogP contribution in [0.25, 0.3) is 0 Å². The summed E-state index contributed by atoms with van der Waals surface area (Å²) in [4.78, 5) is 12.2. The van der Waals surface area contributed by atoms with Crippen molar-refractivity contribution < 1.29 is 13.3 Å². The first-order chi connectivity index (χ1) is 7.10. The summed E-state index contributed by atoms with van der Waals surface area (Å²) in [7, 11) is -3.63. The summed E-state index contributed by atoms with van der Waals surface area (Å²) in [5, 5.41) is 0.0105. The predicted octanol–water partition coefficient (Wildman–Crippen LogP) is 0.456. The summed E-state index contributed by atoms with van der Waals surface area (Å²) in [6.07, 6.45) is 3.01. The van der Waals surface area contributed by atoms with Crippen LogP contribution in [0, 0.1) is 0 Å². The third-order valence-electron chi connectivity index (χ3n) is 1.88. The molecule has 1 aromatic heterocycles. The number of hydrogen-bond acceptors (Lipinski definition) is 5. The quantitative estimate of drug-likeness (QED) is 0.712. The van der Waals surface area contributed by atoms with Gasteiger partial charge in [-0.3, -0.25) is 4.84 Å². The summed E-state index contributed by atoms with van der Waals surface area (Å²) < 4.78 is 24.6. The average Bonchev–Trinajstić information content (AvgIpc) is 2.71. The van der Waals surface area contributed by atoms with Crippen LogP contribution < -0.4 is 0 Å². The fourth-order valence-corrected chi connectivity index (χ4v) is 2.45. The van der Waals surface area contributed by atoms with Crippen molar-refractivity contribution in [3.8, 4) is 0 Å². The maximum Gasteiger partial charge on any atom is 0.268 e. The maximum atomic E-state index is 11.8. The third-order valence-corrected chi connectivity index (χ3v) is 3.71. The van der Waals surface area contributed by atoms with Crippen LogP contribution in [0.5, 0.6) is 0 Å². The number of rotatable bonds is 2. The molecule has 1 saturated heterocycles. The van der Waals surface area contributed by atoms with E-state index in [-0.39, 0.29) is 10.2 Å². The lowest BCUT2D eigenvalue weighted by atomic mass is 10.5. The molecule has 8 heteroatoms. The predicted molar refractivity (Wildman–Crippen MR) is 51.5 cm³/mol. The molecule has 1 aliphatic rings. The average molecular weight is 250 g/mol. The van der Waals surface area contributed by atoms with Gasteiger partial charge >= 0.3 is 0 Å². The third kappa shape index (κ3) is 2.10. The maximum absolute atomic E-state index is 11.8. The van der Waals surface area contributed by atoms with Gasteiger partial charge in [0.05, 0.1) is 19.0 Å². The first-order valence-corrected chi connectivity index (χ1v) is 6.06. The lowest BCUT2D eigenvalue weighted by molar-refractivity contribution is -0.0284. The zero-order valence-corrected chi connectivity index (χ0v) is 9.20. The van der Waals surface area contributed by atoms with Crippen LogP contribution in [-0.2, 0) is 14.9 Å². The fourth-order valence-electron chi connectivity index (χ4n) is 1.17. The van der Waals surface area contributed by atoms with Crippen molar-refractivity contribution in [2.75, 3.05) is 13.2 Å². The van der Waals surface area contributed by atoms with Crippen LogP contribution >= 0.6 is 11.6 Å². The van der Waals surface area contributed by atoms with Crippen LogP contribution in [-0.4, -0.2) is 36.0 Å². The zero-order chi connectivity index (χ0) is 10.9. The highest BCUT2D eigenvalue weighted by Crippen LogP contribution is 2.18. The van der Waals surface area contributed by atoms with Crippen molar-refractivity contribution in [3.05, 3.63) is 17.7 Å². The van der Waals surface area contributed by atoms with E-state index in [9.17, 15) is 8.42 Å². The molecule has 1 fully saturated rings. The van der Waals surface area contributed by atoms with E-state index in [0.717, 1.165) is 16.9 Å². The lowest BCUT2D eigenvalue weighted by Gasteiger charge is -2.13. The van der Waals surface area contributed by atoms with Gasteiger partial charge in [0.1, 0.15) is 4.90 Å². The molecule has 0 radical (unpaired) electrons. The zero-order valence-electron chi connectivity index (χ0n) is 7.63. The van der Waals surface area contributed by atoms with Gasteiger partial charge in [-0.15, -0.1) is 0 Å². The Morgan fingerprint density at radius 3 is 2.60 bits per heavy atom. The minimum Gasteiger partial charge on any atom is -0.284 e. The van der Waals surface area contributed by atoms with Gasteiger partial charge in [0.25, 0.3) is 10.0 Å².